The number of hydrogen-bond acceptors (Lipinski definition) is 5. The van der Waals surface area contributed by atoms with E-state index < -0.39 is 15.1 Å². The number of sulfone groups is 1. The van der Waals surface area contributed by atoms with Gasteiger partial charge in [-0.2, -0.15) is 0 Å². The molecule has 0 fully saturated rings. The van der Waals surface area contributed by atoms with E-state index in [1.165, 1.54) is 6.07 Å². The maximum Gasteiger partial charge on any atom is 0.182 e. The molecule has 0 aliphatic heterocycles. The van der Waals surface area contributed by atoms with E-state index in [9.17, 15) is 13.5 Å². The Morgan fingerprint density at radius 2 is 1.87 bits per heavy atom. The third-order valence-electron chi connectivity index (χ3n) is 3.56. The lowest BCUT2D eigenvalue weighted by atomic mass is 10.1. The number of ether oxygens (including phenoxy) is 1. The zero-order chi connectivity index (χ0) is 16.9. The first-order valence-corrected chi connectivity index (χ1v) is 8.97. The highest BCUT2D eigenvalue weighted by Crippen LogP contribution is 2.28. The number of nitrogens with two attached hydrogens (primary N) is 1. The molecule has 0 saturated carbocycles. The van der Waals surface area contributed by atoms with E-state index in [1.807, 2.05) is 6.92 Å². The van der Waals surface area contributed by atoms with Crippen molar-refractivity contribution in [3.05, 3.63) is 54.1 Å². The maximum atomic E-state index is 12.7. The standard InChI is InChI=1S/C17H21NO4S/c1-2-22-17-11-13(8-9-16(17)19)10-15(12-18)23(20,21)14-6-4-3-5-7-14/h3-9,11,15,19H,2,10,12,18H2,1H3. The van der Waals surface area contributed by atoms with Gasteiger partial charge >= 0.3 is 0 Å². The molecular weight excluding hydrogens is 314 g/mol. The quantitative estimate of drug-likeness (QED) is 0.809. The summed E-state index contributed by atoms with van der Waals surface area (Å²) >= 11 is 0. The lowest BCUT2D eigenvalue weighted by Gasteiger charge is -2.17. The Kier molecular flexibility index (Phi) is 5.63. The van der Waals surface area contributed by atoms with Crippen molar-refractivity contribution in [1.82, 2.24) is 0 Å². The SMILES string of the molecule is CCOc1cc(CC(CN)S(=O)(=O)c2ccccc2)ccc1O. The highest BCUT2D eigenvalue weighted by Gasteiger charge is 2.26. The molecule has 6 heteroatoms. The van der Waals surface area contributed by atoms with Gasteiger partial charge in [-0.15, -0.1) is 0 Å². The molecule has 2 rings (SSSR count). The van der Waals surface area contributed by atoms with Gasteiger partial charge in [0.25, 0.3) is 0 Å². The highest BCUT2D eigenvalue weighted by atomic mass is 32.2. The van der Waals surface area contributed by atoms with E-state index in [0.717, 1.165) is 5.56 Å². The number of hydrogen-bond donors (Lipinski definition) is 2. The van der Waals surface area contributed by atoms with Gasteiger partial charge in [0.2, 0.25) is 0 Å². The van der Waals surface area contributed by atoms with Crippen LogP contribution in [0.1, 0.15) is 12.5 Å². The number of phenols is 1. The number of benzene rings is 2. The van der Waals surface area contributed by atoms with E-state index in [1.54, 1.807) is 42.5 Å². The van der Waals surface area contributed by atoms with Crippen LogP contribution in [-0.2, 0) is 16.3 Å². The van der Waals surface area contributed by atoms with Crippen molar-refractivity contribution in [2.24, 2.45) is 5.73 Å². The lowest BCUT2D eigenvalue weighted by Crippen LogP contribution is -2.32. The van der Waals surface area contributed by atoms with Gasteiger partial charge in [0.1, 0.15) is 0 Å². The van der Waals surface area contributed by atoms with E-state index in [-0.39, 0.29) is 23.6 Å². The molecule has 0 aliphatic carbocycles. The van der Waals surface area contributed by atoms with Crippen LogP contribution in [0.3, 0.4) is 0 Å². The Balaban J connectivity index is 2.28. The third-order valence-corrected chi connectivity index (χ3v) is 5.73. The molecule has 0 radical (unpaired) electrons. The van der Waals surface area contributed by atoms with Crippen LogP contribution in [0.5, 0.6) is 11.5 Å². The first kappa shape index (κ1) is 17.3. The maximum absolute atomic E-state index is 12.7. The Hall–Kier alpha value is -2.05. The second-order valence-corrected chi connectivity index (χ2v) is 7.38. The summed E-state index contributed by atoms with van der Waals surface area (Å²) in [6.45, 7) is 2.25. The van der Waals surface area contributed by atoms with Crippen LogP contribution in [-0.4, -0.2) is 31.9 Å². The average Bonchev–Trinajstić information content (AvgIpc) is 2.56. The molecule has 5 nitrogen and oxygen atoms in total. The van der Waals surface area contributed by atoms with E-state index in [0.29, 0.717) is 12.4 Å². The zero-order valence-corrected chi connectivity index (χ0v) is 13.8. The van der Waals surface area contributed by atoms with Crippen molar-refractivity contribution in [3.63, 3.8) is 0 Å². The third kappa shape index (κ3) is 4.03. The van der Waals surface area contributed by atoms with Gasteiger partial charge in [-0.3, -0.25) is 0 Å². The summed E-state index contributed by atoms with van der Waals surface area (Å²) in [5, 5.41) is 8.99. The lowest BCUT2D eigenvalue weighted by molar-refractivity contribution is 0.317. The van der Waals surface area contributed by atoms with Crippen molar-refractivity contribution in [1.29, 1.82) is 0 Å². The zero-order valence-electron chi connectivity index (χ0n) is 13.0. The van der Waals surface area contributed by atoms with Crippen LogP contribution in [0.15, 0.2) is 53.4 Å². The number of aromatic hydroxyl groups is 1. The molecule has 0 heterocycles. The van der Waals surface area contributed by atoms with Crippen molar-refractivity contribution in [2.75, 3.05) is 13.2 Å². The predicted molar refractivity (Wildman–Crippen MR) is 89.5 cm³/mol. The fraction of sp³-hybridized carbons (Fsp3) is 0.294. The average molecular weight is 335 g/mol. The summed E-state index contributed by atoms with van der Waals surface area (Å²) in [6.07, 6.45) is 0.258. The van der Waals surface area contributed by atoms with Crippen molar-refractivity contribution >= 4 is 9.84 Å². The normalized spacial score (nSPS) is 12.8. The summed E-state index contributed by atoms with van der Waals surface area (Å²) in [5.74, 6) is 0.378. The minimum atomic E-state index is -3.51. The summed E-state index contributed by atoms with van der Waals surface area (Å²) in [4.78, 5) is 0.263. The van der Waals surface area contributed by atoms with Crippen molar-refractivity contribution in [3.8, 4) is 11.5 Å². The summed E-state index contributed by atoms with van der Waals surface area (Å²) in [7, 11) is -3.51. The fourth-order valence-electron chi connectivity index (χ4n) is 2.34. The minimum absolute atomic E-state index is 0.0159. The molecule has 0 saturated heterocycles. The smallest absolute Gasteiger partial charge is 0.182 e. The van der Waals surface area contributed by atoms with Gasteiger partial charge in [-0.25, -0.2) is 8.42 Å². The molecule has 0 spiro atoms. The molecule has 1 unspecified atom stereocenters. The molecule has 1 atom stereocenters. The van der Waals surface area contributed by atoms with Crippen LogP contribution in [0.4, 0.5) is 0 Å². The van der Waals surface area contributed by atoms with E-state index in [4.69, 9.17) is 10.5 Å². The van der Waals surface area contributed by atoms with Crippen LogP contribution in [0.25, 0.3) is 0 Å². The highest BCUT2D eigenvalue weighted by molar-refractivity contribution is 7.92. The monoisotopic (exact) mass is 335 g/mol. The molecule has 2 aromatic rings. The van der Waals surface area contributed by atoms with Crippen molar-refractivity contribution < 1.29 is 18.3 Å². The van der Waals surface area contributed by atoms with Gasteiger partial charge in [-0.1, -0.05) is 24.3 Å². The Bertz CT molecular complexity index is 744. The number of rotatable bonds is 7. The van der Waals surface area contributed by atoms with Crippen LogP contribution in [0, 0.1) is 0 Å². The van der Waals surface area contributed by atoms with Gasteiger partial charge < -0.3 is 15.6 Å². The van der Waals surface area contributed by atoms with Crippen LogP contribution < -0.4 is 10.5 Å². The van der Waals surface area contributed by atoms with Crippen molar-refractivity contribution in [2.45, 2.75) is 23.5 Å². The van der Waals surface area contributed by atoms with Gasteiger partial charge in [0.05, 0.1) is 16.8 Å². The topological polar surface area (TPSA) is 89.6 Å². The van der Waals surface area contributed by atoms with Crippen LogP contribution >= 0.6 is 0 Å². The van der Waals surface area contributed by atoms with E-state index >= 15 is 0 Å². The molecule has 0 aliphatic rings. The molecule has 124 valence electrons. The minimum Gasteiger partial charge on any atom is -0.504 e. The second kappa shape index (κ2) is 7.48. The summed E-state index contributed by atoms with van der Waals surface area (Å²) in [6, 6.07) is 13.1. The first-order chi connectivity index (χ1) is 11.0. The second-order valence-electron chi connectivity index (χ2n) is 5.15. The Morgan fingerprint density at radius 3 is 2.48 bits per heavy atom. The molecule has 0 bridgehead atoms. The largest absolute Gasteiger partial charge is 0.504 e. The summed E-state index contributed by atoms with van der Waals surface area (Å²) in [5.41, 5.74) is 6.46. The van der Waals surface area contributed by atoms with Gasteiger partial charge in [-0.05, 0) is 43.2 Å². The number of phenolic OH excluding ortho intramolecular Hbond substituents is 1. The molecule has 0 amide bonds. The first-order valence-electron chi connectivity index (χ1n) is 7.42. The fourth-order valence-corrected chi connectivity index (χ4v) is 3.93. The predicted octanol–water partition coefficient (Wildman–Crippen LogP) is 2.13. The summed E-state index contributed by atoms with van der Waals surface area (Å²) < 4.78 is 30.7. The Labute approximate surface area is 136 Å². The van der Waals surface area contributed by atoms with Gasteiger partial charge in [0, 0.05) is 6.54 Å². The Morgan fingerprint density at radius 1 is 1.17 bits per heavy atom. The van der Waals surface area contributed by atoms with Crippen LogP contribution in [0.2, 0.25) is 0 Å². The molecular formula is C17H21NO4S. The molecule has 2 aromatic carbocycles. The molecule has 3 N–H and O–H groups in total. The van der Waals surface area contributed by atoms with E-state index in [2.05, 4.69) is 0 Å². The molecule has 23 heavy (non-hydrogen) atoms. The molecule has 0 aromatic heterocycles. The van der Waals surface area contributed by atoms with Gasteiger partial charge in [0.15, 0.2) is 21.3 Å².